The van der Waals surface area contributed by atoms with Crippen LogP contribution in [0.1, 0.15) is 5.56 Å². The Labute approximate surface area is 172 Å². The number of benzene rings is 1. The standard InChI is InChI=1S/C21H20F2N6O/c22-16-5-4-15(17(23)14-16)13-21(30)29-11-9-28(10-12-29)20-7-6-19(26-27-20)25-18-3-1-2-8-24-18/h1-8,14H,9-13H2,(H,24,25,26). The predicted molar refractivity (Wildman–Crippen MR) is 108 cm³/mol. The number of pyridine rings is 1. The Morgan fingerprint density at radius 2 is 1.80 bits per heavy atom. The minimum Gasteiger partial charge on any atom is -0.352 e. The minimum atomic E-state index is -0.698. The van der Waals surface area contributed by atoms with E-state index < -0.39 is 11.6 Å². The molecule has 0 saturated carbocycles. The van der Waals surface area contributed by atoms with Crippen LogP contribution in [0, 0.1) is 11.6 Å². The van der Waals surface area contributed by atoms with E-state index in [1.807, 2.05) is 35.2 Å². The minimum absolute atomic E-state index is 0.0835. The molecule has 0 radical (unpaired) electrons. The number of hydrogen-bond donors (Lipinski definition) is 1. The van der Waals surface area contributed by atoms with Crippen molar-refractivity contribution in [2.45, 2.75) is 6.42 Å². The highest BCUT2D eigenvalue weighted by Crippen LogP contribution is 2.17. The largest absolute Gasteiger partial charge is 0.352 e. The first-order valence-electron chi connectivity index (χ1n) is 9.57. The Bertz CT molecular complexity index is 1010. The van der Waals surface area contributed by atoms with E-state index in [-0.39, 0.29) is 17.9 Å². The van der Waals surface area contributed by atoms with E-state index in [0.29, 0.717) is 37.8 Å². The van der Waals surface area contributed by atoms with Gasteiger partial charge >= 0.3 is 0 Å². The number of rotatable bonds is 5. The second kappa shape index (κ2) is 8.81. The Morgan fingerprint density at radius 3 is 2.47 bits per heavy atom. The van der Waals surface area contributed by atoms with Gasteiger partial charge in [0.05, 0.1) is 6.42 Å². The fourth-order valence-electron chi connectivity index (χ4n) is 3.25. The van der Waals surface area contributed by atoms with Crippen LogP contribution in [0.4, 0.5) is 26.2 Å². The van der Waals surface area contributed by atoms with Crippen LogP contribution in [-0.4, -0.2) is 52.2 Å². The molecule has 1 fully saturated rings. The van der Waals surface area contributed by atoms with Gasteiger partial charge in [-0.15, -0.1) is 10.2 Å². The third-order valence-electron chi connectivity index (χ3n) is 4.88. The van der Waals surface area contributed by atoms with Crippen molar-refractivity contribution in [3.05, 3.63) is 71.9 Å². The van der Waals surface area contributed by atoms with Crippen molar-refractivity contribution in [1.82, 2.24) is 20.1 Å². The molecule has 3 heterocycles. The molecule has 0 aliphatic carbocycles. The molecule has 1 amide bonds. The van der Waals surface area contributed by atoms with Crippen LogP contribution in [0.2, 0.25) is 0 Å². The number of anilines is 3. The van der Waals surface area contributed by atoms with Crippen LogP contribution in [0.15, 0.2) is 54.7 Å². The van der Waals surface area contributed by atoms with E-state index in [9.17, 15) is 13.6 Å². The second-order valence-electron chi connectivity index (χ2n) is 6.90. The molecule has 7 nitrogen and oxygen atoms in total. The number of carbonyl (C=O) groups excluding carboxylic acids is 1. The van der Waals surface area contributed by atoms with Crippen LogP contribution < -0.4 is 10.2 Å². The van der Waals surface area contributed by atoms with Gasteiger partial charge in [-0.3, -0.25) is 4.79 Å². The van der Waals surface area contributed by atoms with Crippen molar-refractivity contribution < 1.29 is 13.6 Å². The summed E-state index contributed by atoms with van der Waals surface area (Å²) in [5.41, 5.74) is 0.200. The number of halogens is 2. The quantitative estimate of drug-likeness (QED) is 0.697. The molecular formula is C21H20F2N6O. The van der Waals surface area contributed by atoms with E-state index >= 15 is 0 Å². The van der Waals surface area contributed by atoms with Gasteiger partial charge in [-0.1, -0.05) is 12.1 Å². The van der Waals surface area contributed by atoms with Crippen LogP contribution in [0.3, 0.4) is 0 Å². The Morgan fingerprint density at radius 1 is 0.967 bits per heavy atom. The first-order valence-corrected chi connectivity index (χ1v) is 9.57. The van der Waals surface area contributed by atoms with Crippen LogP contribution in [0.5, 0.6) is 0 Å². The molecule has 0 unspecified atom stereocenters. The number of piperazine rings is 1. The molecule has 1 aliphatic rings. The van der Waals surface area contributed by atoms with E-state index in [0.717, 1.165) is 18.0 Å². The summed E-state index contributed by atoms with van der Waals surface area (Å²) in [6.07, 6.45) is 1.61. The lowest BCUT2D eigenvalue weighted by atomic mass is 10.1. The first kappa shape index (κ1) is 19.7. The maximum absolute atomic E-state index is 13.8. The van der Waals surface area contributed by atoms with Crippen LogP contribution >= 0.6 is 0 Å². The van der Waals surface area contributed by atoms with Crippen LogP contribution in [0.25, 0.3) is 0 Å². The topological polar surface area (TPSA) is 74.2 Å². The molecule has 0 spiro atoms. The Hall–Kier alpha value is -3.62. The van der Waals surface area contributed by atoms with E-state index in [4.69, 9.17) is 0 Å². The third kappa shape index (κ3) is 4.68. The lowest BCUT2D eigenvalue weighted by Crippen LogP contribution is -2.49. The summed E-state index contributed by atoms with van der Waals surface area (Å²) >= 11 is 0. The molecule has 30 heavy (non-hydrogen) atoms. The third-order valence-corrected chi connectivity index (χ3v) is 4.88. The lowest BCUT2D eigenvalue weighted by molar-refractivity contribution is -0.130. The number of hydrogen-bond acceptors (Lipinski definition) is 6. The van der Waals surface area contributed by atoms with Crippen molar-refractivity contribution in [2.24, 2.45) is 0 Å². The molecule has 3 aromatic rings. The SMILES string of the molecule is O=C(Cc1ccc(F)cc1F)N1CCN(c2ccc(Nc3ccccn3)nn2)CC1. The van der Waals surface area contributed by atoms with Gasteiger partial charge in [0.15, 0.2) is 11.6 Å². The van der Waals surface area contributed by atoms with Crippen molar-refractivity contribution in [2.75, 3.05) is 36.4 Å². The van der Waals surface area contributed by atoms with Crippen molar-refractivity contribution in [3.8, 4) is 0 Å². The first-order chi connectivity index (χ1) is 14.6. The lowest BCUT2D eigenvalue weighted by Gasteiger charge is -2.35. The number of nitrogens with one attached hydrogen (secondary N) is 1. The predicted octanol–water partition coefficient (Wildman–Crippen LogP) is 2.78. The molecule has 1 aromatic carbocycles. The average Bonchev–Trinajstić information content (AvgIpc) is 2.77. The molecule has 1 aliphatic heterocycles. The summed E-state index contributed by atoms with van der Waals surface area (Å²) in [4.78, 5) is 20.4. The van der Waals surface area contributed by atoms with E-state index in [1.54, 1.807) is 11.1 Å². The number of aromatic nitrogens is 3. The van der Waals surface area contributed by atoms with E-state index in [1.165, 1.54) is 6.07 Å². The van der Waals surface area contributed by atoms with Gasteiger partial charge in [0, 0.05) is 38.4 Å². The average molecular weight is 410 g/mol. The molecule has 1 N–H and O–H groups in total. The van der Waals surface area contributed by atoms with Gasteiger partial charge < -0.3 is 15.1 Å². The normalized spacial score (nSPS) is 13.9. The second-order valence-corrected chi connectivity index (χ2v) is 6.90. The fourth-order valence-corrected chi connectivity index (χ4v) is 3.25. The number of carbonyl (C=O) groups is 1. The molecule has 9 heteroatoms. The summed E-state index contributed by atoms with van der Waals surface area (Å²) in [6, 6.07) is 12.5. The Balaban J connectivity index is 1.31. The van der Waals surface area contributed by atoms with Crippen molar-refractivity contribution >= 4 is 23.4 Å². The zero-order valence-electron chi connectivity index (χ0n) is 16.1. The van der Waals surface area contributed by atoms with Gasteiger partial charge in [0.25, 0.3) is 0 Å². The smallest absolute Gasteiger partial charge is 0.227 e. The van der Waals surface area contributed by atoms with Gasteiger partial charge in [-0.05, 0) is 35.9 Å². The summed E-state index contributed by atoms with van der Waals surface area (Å²) < 4.78 is 26.8. The Kier molecular flexibility index (Phi) is 5.78. The van der Waals surface area contributed by atoms with E-state index in [2.05, 4.69) is 20.5 Å². The fraction of sp³-hybridized carbons (Fsp3) is 0.238. The molecule has 4 rings (SSSR count). The molecule has 0 atom stereocenters. The van der Waals surface area contributed by atoms with Crippen LogP contribution in [-0.2, 0) is 11.2 Å². The zero-order chi connectivity index (χ0) is 20.9. The summed E-state index contributed by atoms with van der Waals surface area (Å²) in [5, 5.41) is 11.5. The zero-order valence-corrected chi connectivity index (χ0v) is 16.1. The maximum Gasteiger partial charge on any atom is 0.227 e. The molecule has 2 aromatic heterocycles. The van der Waals surface area contributed by atoms with Gasteiger partial charge in [-0.2, -0.15) is 0 Å². The number of amides is 1. The highest BCUT2D eigenvalue weighted by molar-refractivity contribution is 5.79. The molecule has 0 bridgehead atoms. The van der Waals surface area contributed by atoms with Crippen molar-refractivity contribution in [3.63, 3.8) is 0 Å². The molecule has 1 saturated heterocycles. The highest BCUT2D eigenvalue weighted by Gasteiger charge is 2.23. The monoisotopic (exact) mass is 410 g/mol. The molecule has 154 valence electrons. The van der Waals surface area contributed by atoms with Crippen molar-refractivity contribution in [1.29, 1.82) is 0 Å². The van der Waals surface area contributed by atoms with Gasteiger partial charge in [-0.25, -0.2) is 13.8 Å². The maximum atomic E-state index is 13.8. The van der Waals surface area contributed by atoms with Gasteiger partial charge in [0.2, 0.25) is 5.91 Å². The summed E-state index contributed by atoms with van der Waals surface area (Å²) in [7, 11) is 0. The van der Waals surface area contributed by atoms with Gasteiger partial charge in [0.1, 0.15) is 17.5 Å². The summed E-state index contributed by atoms with van der Waals surface area (Å²) in [6.45, 7) is 2.19. The number of nitrogens with zero attached hydrogens (tertiary/aromatic N) is 5. The summed E-state index contributed by atoms with van der Waals surface area (Å²) in [5.74, 6) is 0.465. The highest BCUT2D eigenvalue weighted by atomic mass is 19.1. The molecular weight excluding hydrogens is 390 g/mol.